The topological polar surface area (TPSA) is 72.3 Å². The average Bonchev–Trinajstić information content (AvgIpc) is 2.19. The molecule has 0 amide bonds. The Hall–Kier alpha value is -1.21. The molecule has 0 radical (unpaired) electrons. The molecule has 0 aliphatic heterocycles. The van der Waals surface area contributed by atoms with E-state index in [1.807, 2.05) is 0 Å². The number of fused-ring (bicyclic) bond motifs is 1. The molecule has 0 aliphatic carbocycles. The van der Waals surface area contributed by atoms with Crippen molar-refractivity contribution in [3.8, 4) is 5.75 Å². The first kappa shape index (κ1) is 11.3. The molecule has 2 rings (SSSR count). The normalized spacial score (nSPS) is 10.4. The Balaban J connectivity index is 2.53. The lowest BCUT2D eigenvalue weighted by Crippen LogP contribution is -2.02. The van der Waals surface area contributed by atoms with Gasteiger partial charge in [-0.3, -0.25) is 0 Å². The highest BCUT2D eigenvalue weighted by molar-refractivity contribution is 9.13. The van der Waals surface area contributed by atoms with Gasteiger partial charge in [0.25, 0.3) is 0 Å². The summed E-state index contributed by atoms with van der Waals surface area (Å²) >= 11 is 6.44. The minimum atomic E-state index is -1.36. The molecule has 1 aromatic carbocycles. The Kier molecular flexibility index (Phi) is 3.06. The number of carbonyl (C=O) groups is 1. The van der Waals surface area contributed by atoms with Gasteiger partial charge in [-0.1, -0.05) is 0 Å². The fourth-order valence-electron chi connectivity index (χ4n) is 1.16. The molecule has 1 aromatic heterocycles. The van der Waals surface area contributed by atoms with E-state index in [-0.39, 0.29) is 5.75 Å². The van der Waals surface area contributed by atoms with Gasteiger partial charge in [0, 0.05) is 6.07 Å². The third-order valence-corrected chi connectivity index (χ3v) is 3.40. The summed E-state index contributed by atoms with van der Waals surface area (Å²) < 4.78 is 5.65. The van der Waals surface area contributed by atoms with Gasteiger partial charge >= 0.3 is 6.16 Å². The maximum absolute atomic E-state index is 10.4. The van der Waals surface area contributed by atoms with E-state index < -0.39 is 6.16 Å². The summed E-state index contributed by atoms with van der Waals surface area (Å²) in [6.45, 7) is 0. The van der Waals surface area contributed by atoms with Crippen LogP contribution in [-0.2, 0) is 0 Å². The molecule has 7 heteroatoms. The molecule has 5 nitrogen and oxygen atoms in total. The van der Waals surface area contributed by atoms with E-state index in [1.54, 1.807) is 6.07 Å². The molecule has 0 fully saturated rings. The zero-order valence-corrected chi connectivity index (χ0v) is 10.8. The Bertz CT molecular complexity index is 574. The van der Waals surface area contributed by atoms with Gasteiger partial charge in [0.2, 0.25) is 0 Å². The van der Waals surface area contributed by atoms with Gasteiger partial charge in [0.15, 0.2) is 0 Å². The van der Waals surface area contributed by atoms with Crippen LogP contribution in [0.15, 0.2) is 27.4 Å². The maximum Gasteiger partial charge on any atom is 0.511 e. The molecular formula is C9H4Br2N2O3. The van der Waals surface area contributed by atoms with Gasteiger partial charge in [-0.15, -0.1) is 0 Å². The Morgan fingerprint density at radius 3 is 2.44 bits per heavy atom. The highest BCUT2D eigenvalue weighted by Gasteiger charge is 2.06. The van der Waals surface area contributed by atoms with Crippen molar-refractivity contribution >= 4 is 49.0 Å². The number of rotatable bonds is 1. The van der Waals surface area contributed by atoms with Crippen molar-refractivity contribution in [2.45, 2.75) is 0 Å². The van der Waals surface area contributed by atoms with Gasteiger partial charge in [0.1, 0.15) is 15.0 Å². The van der Waals surface area contributed by atoms with E-state index in [2.05, 4.69) is 46.6 Å². The highest BCUT2D eigenvalue weighted by atomic mass is 79.9. The number of hydrogen-bond acceptors (Lipinski definition) is 4. The molecule has 2 aromatic rings. The molecule has 0 aliphatic rings. The van der Waals surface area contributed by atoms with Crippen LogP contribution >= 0.6 is 31.9 Å². The SMILES string of the molecule is O=C(O)Oc1ccc2nc(Br)c(Br)nc2c1. The maximum atomic E-state index is 10.4. The lowest BCUT2D eigenvalue weighted by Gasteiger charge is -2.02. The smallest absolute Gasteiger partial charge is 0.449 e. The van der Waals surface area contributed by atoms with E-state index in [1.165, 1.54) is 12.1 Å². The molecule has 0 spiro atoms. The molecule has 0 unspecified atom stereocenters. The van der Waals surface area contributed by atoms with E-state index in [0.717, 1.165) is 0 Å². The third-order valence-electron chi connectivity index (χ3n) is 1.76. The van der Waals surface area contributed by atoms with Crippen molar-refractivity contribution in [2.75, 3.05) is 0 Å². The number of ether oxygens (including phenoxy) is 1. The van der Waals surface area contributed by atoms with Crippen molar-refractivity contribution in [1.29, 1.82) is 0 Å². The summed E-state index contributed by atoms with van der Waals surface area (Å²) in [7, 11) is 0. The second-order valence-corrected chi connectivity index (χ2v) is 4.33. The number of hydrogen-bond donors (Lipinski definition) is 1. The van der Waals surface area contributed by atoms with Crippen LogP contribution in [0.2, 0.25) is 0 Å². The van der Waals surface area contributed by atoms with Crippen LogP contribution in [-0.4, -0.2) is 21.2 Å². The quantitative estimate of drug-likeness (QED) is 0.633. The van der Waals surface area contributed by atoms with Crippen molar-refractivity contribution in [3.05, 3.63) is 27.4 Å². The van der Waals surface area contributed by atoms with Crippen LogP contribution in [0.5, 0.6) is 5.75 Å². The van der Waals surface area contributed by atoms with Crippen molar-refractivity contribution in [2.24, 2.45) is 0 Å². The fraction of sp³-hybridized carbons (Fsp3) is 0. The summed E-state index contributed by atoms with van der Waals surface area (Å²) in [5.41, 5.74) is 1.20. The van der Waals surface area contributed by atoms with Crippen molar-refractivity contribution in [3.63, 3.8) is 0 Å². The number of halogens is 2. The van der Waals surface area contributed by atoms with Crippen molar-refractivity contribution < 1.29 is 14.6 Å². The molecule has 82 valence electrons. The predicted molar refractivity (Wildman–Crippen MR) is 63.6 cm³/mol. The van der Waals surface area contributed by atoms with Crippen LogP contribution in [0.4, 0.5) is 4.79 Å². The van der Waals surface area contributed by atoms with Gasteiger partial charge in [-0.25, -0.2) is 14.8 Å². The minimum Gasteiger partial charge on any atom is -0.449 e. The first-order valence-corrected chi connectivity index (χ1v) is 5.68. The first-order valence-electron chi connectivity index (χ1n) is 4.10. The van der Waals surface area contributed by atoms with E-state index in [0.29, 0.717) is 20.2 Å². The molecular weight excluding hydrogens is 344 g/mol. The molecule has 0 bridgehead atoms. The number of carboxylic acid groups (broad SMARTS) is 1. The van der Waals surface area contributed by atoms with Gasteiger partial charge in [0.05, 0.1) is 11.0 Å². The molecule has 16 heavy (non-hydrogen) atoms. The van der Waals surface area contributed by atoms with E-state index in [4.69, 9.17) is 5.11 Å². The molecule has 0 atom stereocenters. The molecule has 1 heterocycles. The monoisotopic (exact) mass is 346 g/mol. The Labute approximate surface area is 107 Å². The summed E-state index contributed by atoms with van der Waals surface area (Å²) in [5, 5.41) is 8.46. The lowest BCUT2D eigenvalue weighted by molar-refractivity contribution is 0.144. The summed E-state index contributed by atoms with van der Waals surface area (Å²) in [5.74, 6) is 0.212. The molecule has 0 saturated heterocycles. The Morgan fingerprint density at radius 2 is 1.81 bits per heavy atom. The second-order valence-electron chi connectivity index (χ2n) is 2.82. The zero-order chi connectivity index (χ0) is 11.7. The summed E-state index contributed by atoms with van der Waals surface area (Å²) in [4.78, 5) is 18.7. The van der Waals surface area contributed by atoms with Crippen LogP contribution in [0, 0.1) is 0 Å². The summed E-state index contributed by atoms with van der Waals surface area (Å²) in [6, 6.07) is 4.66. The van der Waals surface area contributed by atoms with Crippen LogP contribution in [0.1, 0.15) is 0 Å². The van der Waals surface area contributed by atoms with Crippen LogP contribution < -0.4 is 4.74 Å². The molecule has 0 saturated carbocycles. The minimum absolute atomic E-state index is 0.212. The lowest BCUT2D eigenvalue weighted by atomic mass is 10.3. The van der Waals surface area contributed by atoms with Crippen LogP contribution in [0.3, 0.4) is 0 Å². The van der Waals surface area contributed by atoms with Gasteiger partial charge < -0.3 is 9.84 Å². The molecule has 1 N–H and O–H groups in total. The number of benzene rings is 1. The van der Waals surface area contributed by atoms with Gasteiger partial charge in [-0.2, -0.15) is 0 Å². The average molecular weight is 348 g/mol. The Morgan fingerprint density at radius 1 is 1.19 bits per heavy atom. The number of nitrogens with zero attached hydrogens (tertiary/aromatic N) is 2. The van der Waals surface area contributed by atoms with E-state index >= 15 is 0 Å². The van der Waals surface area contributed by atoms with Gasteiger partial charge in [-0.05, 0) is 44.0 Å². The standard InChI is InChI=1S/C9H4Br2N2O3/c10-7-8(11)13-6-3-4(16-9(14)15)1-2-5(6)12-7/h1-3H,(H,14,15). The predicted octanol–water partition coefficient (Wildman–Crippen LogP) is 3.21. The first-order chi connectivity index (χ1) is 7.56. The highest BCUT2D eigenvalue weighted by Crippen LogP contribution is 2.24. The zero-order valence-electron chi connectivity index (χ0n) is 7.65. The summed E-state index contributed by atoms with van der Waals surface area (Å²) in [6.07, 6.45) is -1.36. The third kappa shape index (κ3) is 2.30. The number of aromatic nitrogens is 2. The second kappa shape index (κ2) is 4.34. The largest absolute Gasteiger partial charge is 0.511 e. The van der Waals surface area contributed by atoms with E-state index in [9.17, 15) is 4.79 Å². The van der Waals surface area contributed by atoms with Crippen molar-refractivity contribution in [1.82, 2.24) is 9.97 Å². The fourth-order valence-corrected chi connectivity index (χ4v) is 1.71. The van der Waals surface area contributed by atoms with Crippen LogP contribution in [0.25, 0.3) is 11.0 Å².